The van der Waals surface area contributed by atoms with Gasteiger partial charge in [0.1, 0.15) is 24.7 Å². The molecule has 1 aromatic heterocycles. The first kappa shape index (κ1) is 22.4. The molecule has 0 saturated carbocycles. The molecular formula is C22H30BNO6. The van der Waals surface area contributed by atoms with Crippen LogP contribution >= 0.6 is 0 Å². The predicted octanol–water partition coefficient (Wildman–Crippen LogP) is 2.99. The van der Waals surface area contributed by atoms with Crippen LogP contribution in [-0.2, 0) is 20.7 Å². The number of benzene rings is 1. The first-order valence-electron chi connectivity index (χ1n) is 9.99. The maximum atomic E-state index is 6.16. The van der Waals surface area contributed by atoms with E-state index >= 15 is 0 Å². The highest BCUT2D eigenvalue weighted by molar-refractivity contribution is 6.63. The summed E-state index contributed by atoms with van der Waals surface area (Å²) in [7, 11) is 2.70. The van der Waals surface area contributed by atoms with Gasteiger partial charge in [-0.15, -0.1) is 0 Å². The fourth-order valence-electron chi connectivity index (χ4n) is 2.89. The second-order valence-corrected chi connectivity index (χ2v) is 8.13. The molecule has 1 fully saturated rings. The number of rotatable bonds is 9. The van der Waals surface area contributed by atoms with Crippen molar-refractivity contribution < 1.29 is 28.3 Å². The van der Waals surface area contributed by atoms with Crippen LogP contribution in [0.3, 0.4) is 0 Å². The maximum Gasteiger partial charge on any atom is 0.500 e. The van der Waals surface area contributed by atoms with Gasteiger partial charge in [0.25, 0.3) is 0 Å². The Bertz CT molecular complexity index is 824. The van der Waals surface area contributed by atoms with Crippen molar-refractivity contribution >= 4 is 12.6 Å². The van der Waals surface area contributed by atoms with E-state index in [0.29, 0.717) is 31.5 Å². The molecule has 30 heavy (non-hydrogen) atoms. The quantitative estimate of drug-likeness (QED) is 0.461. The number of pyridine rings is 1. The van der Waals surface area contributed by atoms with Gasteiger partial charge in [0, 0.05) is 24.8 Å². The lowest BCUT2D eigenvalue weighted by Gasteiger charge is -2.32. The van der Waals surface area contributed by atoms with Gasteiger partial charge < -0.3 is 28.3 Å². The number of methoxy groups -OCH3 is 2. The molecule has 0 atom stereocenters. The summed E-state index contributed by atoms with van der Waals surface area (Å²) in [6.07, 6.45) is 1.69. The third kappa shape index (κ3) is 5.06. The third-order valence-corrected chi connectivity index (χ3v) is 5.47. The number of aromatic nitrogens is 1. The van der Waals surface area contributed by atoms with Gasteiger partial charge in [-0.25, -0.2) is 4.98 Å². The first-order chi connectivity index (χ1) is 14.3. The summed E-state index contributed by atoms with van der Waals surface area (Å²) in [5, 5.41) is 0. The topological polar surface area (TPSA) is 68.3 Å². The molecule has 0 N–H and O–H groups in total. The van der Waals surface area contributed by atoms with Crippen LogP contribution in [0.2, 0.25) is 0 Å². The second-order valence-electron chi connectivity index (χ2n) is 8.13. The summed E-state index contributed by atoms with van der Waals surface area (Å²) in [5.74, 6) is 1.86. The molecule has 0 bridgehead atoms. The lowest BCUT2D eigenvalue weighted by Crippen LogP contribution is -2.41. The molecule has 1 saturated heterocycles. The second kappa shape index (κ2) is 9.24. The summed E-state index contributed by atoms with van der Waals surface area (Å²) in [4.78, 5) is 4.44. The van der Waals surface area contributed by atoms with Crippen LogP contribution < -0.4 is 19.7 Å². The van der Waals surface area contributed by atoms with Crippen molar-refractivity contribution in [2.45, 2.75) is 45.5 Å². The van der Waals surface area contributed by atoms with E-state index < -0.39 is 18.3 Å². The minimum Gasteiger partial charge on any atom is -0.497 e. The molecule has 0 unspecified atom stereocenters. The van der Waals surface area contributed by atoms with Crippen molar-refractivity contribution in [3.63, 3.8) is 0 Å². The van der Waals surface area contributed by atoms with Gasteiger partial charge in [0.05, 0.1) is 24.9 Å². The minimum atomic E-state index is -0.573. The molecule has 1 aromatic carbocycles. The van der Waals surface area contributed by atoms with Gasteiger partial charge in [0.2, 0.25) is 5.88 Å². The van der Waals surface area contributed by atoms with Gasteiger partial charge in [0.15, 0.2) is 0 Å². The van der Waals surface area contributed by atoms with Gasteiger partial charge in [-0.2, -0.15) is 0 Å². The molecule has 0 radical (unpaired) electrons. The molecule has 3 rings (SSSR count). The van der Waals surface area contributed by atoms with E-state index in [0.717, 1.165) is 16.8 Å². The molecule has 7 nitrogen and oxygen atoms in total. The fraction of sp³-hybridized carbons (Fsp3) is 0.500. The van der Waals surface area contributed by atoms with E-state index in [1.807, 2.05) is 52.0 Å². The van der Waals surface area contributed by atoms with Crippen LogP contribution in [0.5, 0.6) is 17.4 Å². The largest absolute Gasteiger partial charge is 0.500 e. The summed E-state index contributed by atoms with van der Waals surface area (Å²) >= 11 is 0. The van der Waals surface area contributed by atoms with E-state index in [-0.39, 0.29) is 0 Å². The van der Waals surface area contributed by atoms with Crippen LogP contribution in [0.4, 0.5) is 0 Å². The normalized spacial score (nSPS) is 17.1. The number of hydrogen-bond acceptors (Lipinski definition) is 7. The third-order valence-electron chi connectivity index (χ3n) is 5.47. The van der Waals surface area contributed by atoms with Crippen LogP contribution in [0.1, 0.15) is 33.3 Å². The average molecular weight is 415 g/mol. The highest BCUT2D eigenvalue weighted by Gasteiger charge is 2.52. The van der Waals surface area contributed by atoms with Crippen LogP contribution in [-0.4, -0.2) is 50.7 Å². The van der Waals surface area contributed by atoms with E-state index in [9.17, 15) is 0 Å². The smallest absolute Gasteiger partial charge is 0.497 e. The van der Waals surface area contributed by atoms with E-state index in [4.69, 9.17) is 28.3 Å². The van der Waals surface area contributed by atoms with Gasteiger partial charge >= 0.3 is 7.12 Å². The predicted molar refractivity (Wildman–Crippen MR) is 115 cm³/mol. The highest BCUT2D eigenvalue weighted by atomic mass is 16.7. The summed E-state index contributed by atoms with van der Waals surface area (Å²) in [6.45, 7) is 9.29. The molecule has 8 heteroatoms. The van der Waals surface area contributed by atoms with Crippen molar-refractivity contribution in [2.24, 2.45) is 0 Å². The van der Waals surface area contributed by atoms with Crippen LogP contribution in [0, 0.1) is 0 Å². The molecule has 0 amide bonds. The Balaban J connectivity index is 1.76. The minimum absolute atomic E-state index is 0.379. The van der Waals surface area contributed by atoms with E-state index in [2.05, 4.69) is 4.98 Å². The van der Waals surface area contributed by atoms with Gasteiger partial charge in [-0.05, 0) is 45.4 Å². The number of hydrogen-bond donors (Lipinski definition) is 0. The van der Waals surface area contributed by atoms with E-state index in [1.165, 1.54) is 0 Å². The zero-order valence-electron chi connectivity index (χ0n) is 18.6. The Morgan fingerprint density at radius 1 is 0.933 bits per heavy atom. The van der Waals surface area contributed by atoms with Crippen LogP contribution in [0.15, 0.2) is 36.5 Å². The molecule has 0 aliphatic carbocycles. The molecule has 162 valence electrons. The zero-order valence-corrected chi connectivity index (χ0v) is 18.6. The fourth-order valence-corrected chi connectivity index (χ4v) is 2.89. The monoisotopic (exact) mass is 415 g/mol. The lowest BCUT2D eigenvalue weighted by atomic mass is 9.79. The maximum absolute atomic E-state index is 6.16. The number of nitrogens with zero attached hydrogens (tertiary/aromatic N) is 1. The van der Waals surface area contributed by atoms with Gasteiger partial charge in [-0.3, -0.25) is 0 Å². The average Bonchev–Trinajstić information content (AvgIpc) is 2.94. The van der Waals surface area contributed by atoms with Crippen LogP contribution in [0.25, 0.3) is 0 Å². The Labute approximate surface area is 178 Å². The zero-order chi connectivity index (χ0) is 21.8. The van der Waals surface area contributed by atoms with Crippen molar-refractivity contribution in [1.29, 1.82) is 0 Å². The lowest BCUT2D eigenvalue weighted by molar-refractivity contribution is 0.00578. The molecule has 2 heterocycles. The SMILES string of the molecule is COCCOc1cc(OCc2ccc(OC)cc2)ncc1B1OC(C)(C)C(C)(C)O1. The molecular weight excluding hydrogens is 385 g/mol. The Morgan fingerprint density at radius 3 is 2.20 bits per heavy atom. The summed E-state index contributed by atoms with van der Waals surface area (Å²) in [6, 6.07) is 9.46. The Kier molecular flexibility index (Phi) is 6.90. The van der Waals surface area contributed by atoms with Gasteiger partial charge in [-0.1, -0.05) is 12.1 Å². The standard InChI is InChI=1S/C22H30BNO6/c1-21(2)22(3,4)30-23(29-21)18-14-24-20(13-19(18)27-12-11-25-5)28-15-16-7-9-17(26-6)10-8-16/h7-10,13-14H,11-12,15H2,1-6H3. The Morgan fingerprint density at radius 2 is 1.60 bits per heavy atom. The summed E-state index contributed by atoms with van der Waals surface area (Å²) < 4.78 is 34.4. The molecule has 1 aliphatic heterocycles. The van der Waals surface area contributed by atoms with Crippen molar-refractivity contribution in [3.8, 4) is 17.4 Å². The van der Waals surface area contributed by atoms with Crippen molar-refractivity contribution in [2.75, 3.05) is 27.4 Å². The van der Waals surface area contributed by atoms with Crippen molar-refractivity contribution in [3.05, 3.63) is 42.1 Å². The van der Waals surface area contributed by atoms with E-state index in [1.54, 1.807) is 26.5 Å². The summed E-state index contributed by atoms with van der Waals surface area (Å²) in [5.41, 5.74) is 0.826. The molecule has 0 spiro atoms. The number of ether oxygens (including phenoxy) is 4. The highest BCUT2D eigenvalue weighted by Crippen LogP contribution is 2.37. The first-order valence-corrected chi connectivity index (χ1v) is 9.99. The molecule has 1 aliphatic rings. The molecule has 2 aromatic rings. The Hall–Kier alpha value is -2.29. The van der Waals surface area contributed by atoms with Crippen molar-refractivity contribution in [1.82, 2.24) is 4.98 Å².